The van der Waals surface area contributed by atoms with Crippen LogP contribution in [0, 0.1) is 0 Å². The van der Waals surface area contributed by atoms with Gasteiger partial charge in [-0.2, -0.15) is 0 Å². The van der Waals surface area contributed by atoms with E-state index in [-0.39, 0.29) is 6.10 Å². The number of methoxy groups -OCH3 is 1. The molecule has 0 radical (unpaired) electrons. The summed E-state index contributed by atoms with van der Waals surface area (Å²) in [5.74, 6) is 0.897. The summed E-state index contributed by atoms with van der Waals surface area (Å²) in [4.78, 5) is 2.17. The van der Waals surface area contributed by atoms with Crippen LogP contribution in [0.4, 0.5) is 0 Å². The van der Waals surface area contributed by atoms with Gasteiger partial charge in [0.25, 0.3) is 0 Å². The van der Waals surface area contributed by atoms with Crippen LogP contribution in [0.15, 0.2) is 24.3 Å². The quantitative estimate of drug-likeness (QED) is 0.817. The standard InChI is InChI=1S/C16H24N2O2S/c1-3-17-16(21)18(12-14-8-6-10-20-14)11-13-7-4-5-9-15(13)19-2/h4-5,7,9,14H,3,6,8,10-12H2,1-2H3,(H,17,21)/t14-/m1/s1. The SMILES string of the molecule is CCNC(=S)N(Cc1ccccc1OC)C[C@H]1CCCO1. The molecule has 0 bridgehead atoms. The van der Waals surface area contributed by atoms with Crippen molar-refractivity contribution in [3.05, 3.63) is 29.8 Å². The predicted octanol–water partition coefficient (Wildman–Crippen LogP) is 2.57. The third-order valence-electron chi connectivity index (χ3n) is 3.62. The minimum absolute atomic E-state index is 0.274. The summed E-state index contributed by atoms with van der Waals surface area (Å²) in [6.45, 7) is 5.30. The highest BCUT2D eigenvalue weighted by molar-refractivity contribution is 7.80. The molecule has 0 amide bonds. The summed E-state index contributed by atoms with van der Waals surface area (Å²) >= 11 is 5.51. The first-order chi connectivity index (χ1) is 10.2. The van der Waals surface area contributed by atoms with Crippen LogP contribution in [0.3, 0.4) is 0 Å². The molecule has 5 heteroatoms. The zero-order valence-corrected chi connectivity index (χ0v) is 13.6. The van der Waals surface area contributed by atoms with Crippen LogP contribution in [0.2, 0.25) is 0 Å². The summed E-state index contributed by atoms with van der Waals surface area (Å²) in [5.41, 5.74) is 1.14. The van der Waals surface area contributed by atoms with Crippen LogP contribution in [-0.2, 0) is 11.3 Å². The lowest BCUT2D eigenvalue weighted by Crippen LogP contribution is -2.43. The second kappa shape index (κ2) is 8.20. The second-order valence-electron chi connectivity index (χ2n) is 5.16. The normalized spacial score (nSPS) is 17.5. The minimum atomic E-state index is 0.274. The molecule has 1 N–H and O–H groups in total. The van der Waals surface area contributed by atoms with Crippen molar-refractivity contribution in [3.63, 3.8) is 0 Å². The smallest absolute Gasteiger partial charge is 0.169 e. The van der Waals surface area contributed by atoms with Crippen LogP contribution in [-0.4, -0.2) is 42.9 Å². The van der Waals surface area contributed by atoms with Gasteiger partial charge >= 0.3 is 0 Å². The molecule has 1 heterocycles. The molecule has 0 spiro atoms. The molecule has 0 saturated carbocycles. The summed E-state index contributed by atoms with van der Waals surface area (Å²) in [5, 5.41) is 4.02. The molecular weight excluding hydrogens is 284 g/mol. The maximum Gasteiger partial charge on any atom is 0.169 e. The average Bonchev–Trinajstić information content (AvgIpc) is 3.00. The lowest BCUT2D eigenvalue weighted by Gasteiger charge is -2.28. The lowest BCUT2D eigenvalue weighted by atomic mass is 10.1. The zero-order chi connectivity index (χ0) is 15.1. The number of para-hydroxylation sites is 1. The Morgan fingerprint density at radius 3 is 2.95 bits per heavy atom. The number of nitrogens with zero attached hydrogens (tertiary/aromatic N) is 1. The maximum atomic E-state index is 5.75. The molecule has 1 fully saturated rings. The van der Waals surface area contributed by atoms with Crippen molar-refractivity contribution < 1.29 is 9.47 Å². The Morgan fingerprint density at radius 2 is 2.29 bits per heavy atom. The van der Waals surface area contributed by atoms with E-state index in [2.05, 4.69) is 23.2 Å². The second-order valence-corrected chi connectivity index (χ2v) is 5.55. The number of ether oxygens (including phenoxy) is 2. The topological polar surface area (TPSA) is 33.7 Å². The van der Waals surface area contributed by atoms with Gasteiger partial charge in [-0.05, 0) is 38.0 Å². The highest BCUT2D eigenvalue weighted by Crippen LogP contribution is 2.21. The Kier molecular flexibility index (Phi) is 6.26. The molecule has 2 rings (SSSR count). The first-order valence-corrected chi connectivity index (χ1v) is 7.91. The van der Waals surface area contributed by atoms with Gasteiger partial charge in [0, 0.05) is 31.8 Å². The Balaban J connectivity index is 2.08. The van der Waals surface area contributed by atoms with E-state index < -0.39 is 0 Å². The van der Waals surface area contributed by atoms with E-state index in [0.29, 0.717) is 0 Å². The van der Waals surface area contributed by atoms with Gasteiger partial charge in [0.15, 0.2) is 5.11 Å². The van der Waals surface area contributed by atoms with E-state index >= 15 is 0 Å². The number of benzene rings is 1. The minimum Gasteiger partial charge on any atom is -0.496 e. The maximum absolute atomic E-state index is 5.75. The monoisotopic (exact) mass is 308 g/mol. The first-order valence-electron chi connectivity index (χ1n) is 7.50. The van der Waals surface area contributed by atoms with E-state index in [4.69, 9.17) is 21.7 Å². The summed E-state index contributed by atoms with van der Waals surface area (Å²) < 4.78 is 11.2. The van der Waals surface area contributed by atoms with Crippen molar-refractivity contribution in [1.82, 2.24) is 10.2 Å². The molecule has 0 aromatic heterocycles. The summed E-state index contributed by atoms with van der Waals surface area (Å²) in [6, 6.07) is 8.07. The van der Waals surface area contributed by atoms with Crippen molar-refractivity contribution in [2.75, 3.05) is 26.8 Å². The van der Waals surface area contributed by atoms with Crippen LogP contribution in [0.1, 0.15) is 25.3 Å². The molecule has 0 aliphatic carbocycles. The average molecular weight is 308 g/mol. The van der Waals surface area contributed by atoms with Gasteiger partial charge in [0.1, 0.15) is 5.75 Å². The molecule has 1 saturated heterocycles. The molecule has 1 aliphatic rings. The molecule has 4 nitrogen and oxygen atoms in total. The van der Waals surface area contributed by atoms with Gasteiger partial charge in [-0.25, -0.2) is 0 Å². The highest BCUT2D eigenvalue weighted by atomic mass is 32.1. The van der Waals surface area contributed by atoms with Crippen molar-refractivity contribution in [2.45, 2.75) is 32.4 Å². The van der Waals surface area contributed by atoms with E-state index in [1.165, 1.54) is 0 Å². The lowest BCUT2D eigenvalue weighted by molar-refractivity contribution is 0.0896. The number of hydrogen-bond acceptors (Lipinski definition) is 3. The van der Waals surface area contributed by atoms with Gasteiger partial charge in [-0.3, -0.25) is 0 Å². The van der Waals surface area contributed by atoms with Crippen molar-refractivity contribution in [1.29, 1.82) is 0 Å². The Labute approximate surface area is 132 Å². The first kappa shape index (κ1) is 16.0. The Hall–Kier alpha value is -1.33. The molecule has 1 atom stereocenters. The fourth-order valence-corrected chi connectivity index (χ4v) is 2.84. The molecular formula is C16H24N2O2S. The van der Waals surface area contributed by atoms with Crippen molar-refractivity contribution in [3.8, 4) is 5.75 Å². The Morgan fingerprint density at radius 1 is 1.48 bits per heavy atom. The van der Waals surface area contributed by atoms with Gasteiger partial charge in [-0.1, -0.05) is 18.2 Å². The predicted molar refractivity (Wildman–Crippen MR) is 88.7 cm³/mol. The van der Waals surface area contributed by atoms with Crippen LogP contribution < -0.4 is 10.1 Å². The van der Waals surface area contributed by atoms with Gasteiger partial charge in [0.2, 0.25) is 0 Å². The molecule has 1 aromatic carbocycles. The molecule has 21 heavy (non-hydrogen) atoms. The number of hydrogen-bond donors (Lipinski definition) is 1. The number of rotatable bonds is 6. The van der Waals surface area contributed by atoms with E-state index in [1.807, 2.05) is 18.2 Å². The van der Waals surface area contributed by atoms with Gasteiger partial charge in [-0.15, -0.1) is 0 Å². The largest absolute Gasteiger partial charge is 0.496 e. The molecule has 1 aliphatic heterocycles. The van der Waals surface area contributed by atoms with E-state index in [0.717, 1.165) is 55.5 Å². The summed E-state index contributed by atoms with van der Waals surface area (Å²) in [6.07, 6.45) is 2.52. The fraction of sp³-hybridized carbons (Fsp3) is 0.562. The molecule has 1 aromatic rings. The van der Waals surface area contributed by atoms with Crippen LogP contribution in [0.5, 0.6) is 5.75 Å². The van der Waals surface area contributed by atoms with Crippen molar-refractivity contribution >= 4 is 17.3 Å². The van der Waals surface area contributed by atoms with E-state index in [9.17, 15) is 0 Å². The Bertz CT molecular complexity index is 461. The third-order valence-corrected chi connectivity index (χ3v) is 4.02. The van der Waals surface area contributed by atoms with Crippen LogP contribution in [0.25, 0.3) is 0 Å². The summed E-state index contributed by atoms with van der Waals surface area (Å²) in [7, 11) is 1.70. The van der Waals surface area contributed by atoms with Gasteiger partial charge < -0.3 is 19.7 Å². The van der Waals surface area contributed by atoms with Crippen molar-refractivity contribution in [2.24, 2.45) is 0 Å². The highest BCUT2D eigenvalue weighted by Gasteiger charge is 2.21. The molecule has 116 valence electrons. The molecule has 0 unspecified atom stereocenters. The third kappa shape index (κ3) is 4.58. The van der Waals surface area contributed by atoms with E-state index in [1.54, 1.807) is 7.11 Å². The number of thiocarbonyl (C=S) groups is 1. The van der Waals surface area contributed by atoms with Gasteiger partial charge in [0.05, 0.1) is 13.2 Å². The zero-order valence-electron chi connectivity index (χ0n) is 12.8. The van der Waals surface area contributed by atoms with Crippen LogP contribution >= 0.6 is 12.2 Å². The fourth-order valence-electron chi connectivity index (χ4n) is 2.56. The number of nitrogens with one attached hydrogen (secondary N) is 1.